The molecule has 0 saturated heterocycles. The Kier molecular flexibility index (Phi) is 7.51. The molecule has 0 N–H and O–H groups in total. The van der Waals surface area contributed by atoms with E-state index in [4.69, 9.17) is 0 Å². The second kappa shape index (κ2) is 10.7. The Morgan fingerprint density at radius 2 is 1.82 bits per heavy atom. The van der Waals surface area contributed by atoms with Crippen LogP contribution in [0.5, 0.6) is 0 Å². The maximum Gasteiger partial charge on any atom is 3.00 e. The van der Waals surface area contributed by atoms with Gasteiger partial charge in [0.25, 0.3) is 0 Å². The molecule has 0 aliphatic carbocycles. The van der Waals surface area contributed by atoms with E-state index in [2.05, 4.69) is 45.7 Å². The van der Waals surface area contributed by atoms with E-state index in [1.807, 2.05) is 48.7 Å². The van der Waals surface area contributed by atoms with E-state index in [9.17, 15) is 8.78 Å². The van der Waals surface area contributed by atoms with Gasteiger partial charge in [0.05, 0.1) is 0 Å². The number of fused-ring (bicyclic) bond motifs is 3. The number of aromatic nitrogens is 1. The van der Waals surface area contributed by atoms with E-state index >= 15 is 0 Å². The topological polar surface area (TPSA) is 30.2 Å². The number of benzene rings is 3. The van der Waals surface area contributed by atoms with Gasteiger partial charge in [-0.15, -0.1) is 12.1 Å². The molecule has 3 aromatic carbocycles. The normalized spacial score (nSPS) is 15.2. The van der Waals surface area contributed by atoms with E-state index in [1.54, 1.807) is 12.3 Å². The van der Waals surface area contributed by atoms with Crippen LogP contribution in [0.4, 0.5) is 8.78 Å². The molecule has 0 fully saturated rings. The zero-order valence-corrected chi connectivity index (χ0v) is 20.5. The van der Waals surface area contributed by atoms with E-state index in [1.165, 1.54) is 11.1 Å². The van der Waals surface area contributed by atoms with Crippen molar-refractivity contribution in [2.45, 2.75) is 12.6 Å². The van der Waals surface area contributed by atoms with Crippen molar-refractivity contribution in [1.82, 2.24) is 9.88 Å². The molecule has 170 valence electrons. The Balaban J connectivity index is 0.000000169. The maximum atomic E-state index is 13.6. The van der Waals surface area contributed by atoms with Gasteiger partial charge in [-0.2, -0.15) is 41.6 Å². The smallest absolute Gasteiger partial charge is 0.668 e. The Hall–Kier alpha value is -3.34. The van der Waals surface area contributed by atoms with Gasteiger partial charge >= 0.3 is 20.1 Å². The van der Waals surface area contributed by atoms with E-state index in [-0.39, 0.29) is 31.8 Å². The second-order valence-corrected chi connectivity index (χ2v) is 7.76. The van der Waals surface area contributed by atoms with Crippen LogP contribution in [0.15, 0.2) is 91.4 Å². The number of nitrogens with zero attached hydrogens (tertiary/aromatic N) is 3. The molecule has 34 heavy (non-hydrogen) atoms. The van der Waals surface area contributed by atoms with Crippen LogP contribution in [0.3, 0.4) is 0 Å². The number of rotatable bonds is 2. The Bertz CT molecular complexity index is 1280. The van der Waals surface area contributed by atoms with Crippen LogP contribution in [0.2, 0.25) is 0 Å². The van der Waals surface area contributed by atoms with Gasteiger partial charge in [-0.3, -0.25) is 8.78 Å². The average molecular weight is 629 g/mol. The zero-order chi connectivity index (χ0) is 22.6. The standard InChI is InChI=1S/C17H10F2N.C11H10N2.Ir/c18-14-7-8-15(16(19)10-14)17-9-6-13(11-20-17)12-4-2-1-3-5-12;1-2-4-10-9(3-1)5-7-13-8-6-12-11(10)13;/h1-7,9-11H;1-3,6,8,11H,5,7H2;/q-1;-2;+3. The first-order valence-electron chi connectivity index (χ1n) is 10.7. The van der Waals surface area contributed by atoms with Crippen molar-refractivity contribution < 1.29 is 28.9 Å². The largest absolute Gasteiger partial charge is 3.00 e. The molecule has 4 aromatic rings. The summed E-state index contributed by atoms with van der Waals surface area (Å²) in [7, 11) is 0. The fourth-order valence-corrected chi connectivity index (χ4v) is 3.99. The first-order chi connectivity index (χ1) is 16.2. The van der Waals surface area contributed by atoms with Gasteiger partial charge in [0.15, 0.2) is 0 Å². The van der Waals surface area contributed by atoms with Crippen molar-refractivity contribution in [3.63, 3.8) is 0 Å². The molecule has 6 rings (SSSR count). The quantitative estimate of drug-likeness (QED) is 0.232. The van der Waals surface area contributed by atoms with Crippen molar-refractivity contribution in [2.24, 2.45) is 0 Å². The molecule has 0 bridgehead atoms. The number of hydrogen-bond acceptors (Lipinski definition) is 2. The van der Waals surface area contributed by atoms with Crippen molar-refractivity contribution >= 4 is 0 Å². The third-order valence-electron chi connectivity index (χ3n) is 5.66. The van der Waals surface area contributed by atoms with Gasteiger partial charge < -0.3 is 15.2 Å². The van der Waals surface area contributed by atoms with Gasteiger partial charge in [0.1, 0.15) is 0 Å². The average Bonchev–Trinajstić information content (AvgIpc) is 3.35. The molecule has 3 nitrogen and oxygen atoms in total. The summed E-state index contributed by atoms with van der Waals surface area (Å²) >= 11 is 0. The molecule has 0 spiro atoms. The fourth-order valence-electron chi connectivity index (χ4n) is 3.99. The maximum absolute atomic E-state index is 13.6. The molecule has 2 aliphatic rings. The fraction of sp³-hybridized carbons (Fsp3) is 0.107. The van der Waals surface area contributed by atoms with Crippen molar-refractivity contribution in [2.75, 3.05) is 6.54 Å². The molecule has 3 heterocycles. The zero-order valence-electron chi connectivity index (χ0n) is 18.1. The summed E-state index contributed by atoms with van der Waals surface area (Å²) in [5.74, 6) is -1.31. The molecule has 0 saturated carbocycles. The van der Waals surface area contributed by atoms with Crippen LogP contribution in [-0.4, -0.2) is 16.4 Å². The van der Waals surface area contributed by atoms with Gasteiger partial charge in [-0.1, -0.05) is 60.5 Å². The summed E-state index contributed by atoms with van der Waals surface area (Å²) in [5.41, 5.74) is 5.23. The van der Waals surface area contributed by atoms with E-state index in [0.717, 1.165) is 36.2 Å². The molecule has 1 atom stereocenters. The van der Waals surface area contributed by atoms with Crippen molar-refractivity contribution in [3.05, 3.63) is 132 Å². The molecular weight excluding hydrogens is 609 g/mol. The predicted molar refractivity (Wildman–Crippen MR) is 125 cm³/mol. The van der Waals surface area contributed by atoms with Crippen LogP contribution < -0.4 is 0 Å². The van der Waals surface area contributed by atoms with Crippen molar-refractivity contribution in [3.8, 4) is 22.4 Å². The molecule has 0 amide bonds. The Morgan fingerprint density at radius 1 is 0.971 bits per heavy atom. The number of halogens is 2. The second-order valence-electron chi connectivity index (χ2n) is 7.76. The van der Waals surface area contributed by atoms with Crippen LogP contribution >= 0.6 is 0 Å². The van der Waals surface area contributed by atoms with Gasteiger partial charge in [0.2, 0.25) is 0 Å². The monoisotopic (exact) mass is 629 g/mol. The molecule has 2 aliphatic heterocycles. The Labute approximate surface area is 211 Å². The third kappa shape index (κ3) is 5.09. The van der Waals surface area contributed by atoms with Gasteiger partial charge in [0, 0.05) is 24.4 Å². The minimum Gasteiger partial charge on any atom is -0.668 e. The molecule has 6 heteroatoms. The first-order valence-corrected chi connectivity index (χ1v) is 10.7. The summed E-state index contributed by atoms with van der Waals surface area (Å²) < 4.78 is 26.5. The summed E-state index contributed by atoms with van der Waals surface area (Å²) in [6, 6.07) is 27.3. The van der Waals surface area contributed by atoms with E-state index in [0.29, 0.717) is 5.69 Å². The predicted octanol–water partition coefficient (Wildman–Crippen LogP) is 6.69. The number of hydrogen-bond donors (Lipinski definition) is 0. The minimum atomic E-state index is -0.662. The summed E-state index contributed by atoms with van der Waals surface area (Å²) in [5, 5.41) is 4.41. The molecular formula is C28H20F2IrN3. The van der Waals surface area contributed by atoms with Gasteiger partial charge in [-0.05, 0) is 29.2 Å². The minimum absolute atomic E-state index is 0. The van der Waals surface area contributed by atoms with Crippen LogP contribution in [0.25, 0.3) is 27.7 Å². The summed E-state index contributed by atoms with van der Waals surface area (Å²) in [4.78, 5) is 6.48. The SMILES string of the molecule is Fc1c[c-]c(-c2ccc(-c3ccccc3)cn2)c(F)c1.[Ir+3].[c-]1cccc2c1C1[N-]C=CN1CC2. The van der Waals surface area contributed by atoms with Gasteiger partial charge in [-0.25, -0.2) is 0 Å². The van der Waals surface area contributed by atoms with Crippen LogP contribution in [0.1, 0.15) is 17.3 Å². The van der Waals surface area contributed by atoms with Crippen LogP contribution in [0, 0.1) is 23.8 Å². The molecule has 1 aromatic heterocycles. The molecule has 1 unspecified atom stereocenters. The summed E-state index contributed by atoms with van der Waals surface area (Å²) in [6.45, 7) is 1.08. The summed E-state index contributed by atoms with van der Waals surface area (Å²) in [6.07, 6.45) is 6.95. The third-order valence-corrected chi connectivity index (χ3v) is 5.66. The van der Waals surface area contributed by atoms with E-state index < -0.39 is 11.6 Å². The number of pyridine rings is 1. The van der Waals surface area contributed by atoms with Crippen LogP contribution in [-0.2, 0) is 26.5 Å². The first kappa shape index (κ1) is 23.8. The Morgan fingerprint density at radius 3 is 2.59 bits per heavy atom. The molecule has 0 radical (unpaired) electrons. The van der Waals surface area contributed by atoms with Crippen molar-refractivity contribution in [1.29, 1.82) is 0 Å².